The number of methoxy groups -OCH3 is 1. The summed E-state index contributed by atoms with van der Waals surface area (Å²) in [5, 5.41) is 0. The number of hydrogen-bond acceptors (Lipinski definition) is 3. The van der Waals surface area contributed by atoms with E-state index in [1.54, 1.807) is 7.11 Å². The normalized spacial score (nSPS) is 23.3. The lowest BCUT2D eigenvalue weighted by molar-refractivity contribution is 0.392. The fourth-order valence-electron chi connectivity index (χ4n) is 3.01. The Morgan fingerprint density at radius 2 is 2.06 bits per heavy atom. The second-order valence-electron chi connectivity index (χ2n) is 5.03. The van der Waals surface area contributed by atoms with E-state index in [4.69, 9.17) is 4.74 Å². The summed E-state index contributed by atoms with van der Waals surface area (Å²) in [5.41, 5.74) is 1.39. The van der Waals surface area contributed by atoms with E-state index in [2.05, 4.69) is 34.2 Å². The zero-order valence-electron chi connectivity index (χ0n) is 10.9. The Bertz CT molecular complexity index is 438. The van der Waals surface area contributed by atoms with E-state index in [1.807, 2.05) is 0 Å². The number of nitrogens with zero attached hydrogens (tertiary/aromatic N) is 2. The van der Waals surface area contributed by atoms with E-state index in [0.29, 0.717) is 6.04 Å². The number of hydrogen-bond donors (Lipinski definition) is 0. The third kappa shape index (κ3) is 2.09. The first-order valence-corrected chi connectivity index (χ1v) is 6.82. The topological polar surface area (TPSA) is 24.8 Å². The van der Waals surface area contributed by atoms with Crippen LogP contribution in [-0.4, -0.2) is 30.9 Å². The fraction of sp³-hybridized carbons (Fsp3) is 0.533. The van der Waals surface area contributed by atoms with Gasteiger partial charge >= 0.3 is 0 Å². The van der Waals surface area contributed by atoms with Crippen LogP contribution in [0.15, 0.2) is 29.3 Å². The van der Waals surface area contributed by atoms with Crippen LogP contribution in [0.25, 0.3) is 0 Å². The van der Waals surface area contributed by atoms with Crippen molar-refractivity contribution in [3.05, 3.63) is 29.8 Å². The molecule has 0 N–H and O–H groups in total. The number of likely N-dealkylation sites (tertiary alicyclic amines) is 1. The van der Waals surface area contributed by atoms with Gasteiger partial charge in [0, 0.05) is 19.5 Å². The minimum atomic E-state index is 0.521. The molecule has 0 spiro atoms. The van der Waals surface area contributed by atoms with Gasteiger partial charge in [0.05, 0.1) is 19.0 Å². The first-order chi connectivity index (χ1) is 8.88. The van der Waals surface area contributed by atoms with Crippen LogP contribution >= 0.6 is 0 Å². The van der Waals surface area contributed by atoms with E-state index in [-0.39, 0.29) is 0 Å². The van der Waals surface area contributed by atoms with Gasteiger partial charge in [-0.2, -0.15) is 0 Å². The highest BCUT2D eigenvalue weighted by molar-refractivity contribution is 5.84. The Hall–Kier alpha value is -1.51. The molecule has 2 heterocycles. The maximum Gasteiger partial charge on any atom is 0.118 e. The molecule has 1 saturated heterocycles. The van der Waals surface area contributed by atoms with E-state index in [0.717, 1.165) is 25.3 Å². The van der Waals surface area contributed by atoms with Crippen molar-refractivity contribution in [2.75, 3.05) is 20.2 Å². The number of ether oxygens (including phenoxy) is 1. The van der Waals surface area contributed by atoms with Crippen molar-refractivity contribution in [1.29, 1.82) is 0 Å². The van der Waals surface area contributed by atoms with Crippen molar-refractivity contribution < 1.29 is 4.74 Å². The van der Waals surface area contributed by atoms with E-state index >= 15 is 0 Å². The largest absolute Gasteiger partial charge is 0.497 e. The van der Waals surface area contributed by atoms with Gasteiger partial charge < -0.3 is 9.64 Å². The fourth-order valence-corrected chi connectivity index (χ4v) is 3.01. The van der Waals surface area contributed by atoms with Crippen LogP contribution in [0, 0.1) is 0 Å². The van der Waals surface area contributed by atoms with Crippen molar-refractivity contribution in [3.8, 4) is 5.75 Å². The van der Waals surface area contributed by atoms with Crippen molar-refractivity contribution in [2.45, 2.75) is 31.7 Å². The smallest absolute Gasteiger partial charge is 0.118 e. The Kier molecular flexibility index (Phi) is 3.22. The molecule has 0 saturated carbocycles. The van der Waals surface area contributed by atoms with Gasteiger partial charge in [-0.25, -0.2) is 0 Å². The Labute approximate surface area is 108 Å². The summed E-state index contributed by atoms with van der Waals surface area (Å²) in [6.07, 6.45) is 4.90. The molecule has 3 heteroatoms. The van der Waals surface area contributed by atoms with Crippen molar-refractivity contribution in [3.63, 3.8) is 0 Å². The molecule has 3 nitrogen and oxygen atoms in total. The summed E-state index contributed by atoms with van der Waals surface area (Å²) < 4.78 is 5.22. The van der Waals surface area contributed by atoms with E-state index in [9.17, 15) is 0 Å². The van der Waals surface area contributed by atoms with Crippen LogP contribution in [0.4, 0.5) is 0 Å². The van der Waals surface area contributed by atoms with Gasteiger partial charge in [0.15, 0.2) is 0 Å². The monoisotopic (exact) mass is 244 g/mol. The lowest BCUT2D eigenvalue weighted by Crippen LogP contribution is -2.29. The molecule has 3 rings (SSSR count). The second kappa shape index (κ2) is 5.01. The van der Waals surface area contributed by atoms with Gasteiger partial charge in [-0.05, 0) is 37.0 Å². The van der Waals surface area contributed by atoms with Crippen molar-refractivity contribution >= 4 is 5.84 Å². The molecule has 2 aliphatic heterocycles. The summed E-state index contributed by atoms with van der Waals surface area (Å²) >= 11 is 0. The molecule has 1 aromatic carbocycles. The lowest BCUT2D eigenvalue weighted by Gasteiger charge is -2.27. The first-order valence-electron chi connectivity index (χ1n) is 6.82. The van der Waals surface area contributed by atoms with Crippen LogP contribution < -0.4 is 4.74 Å². The quantitative estimate of drug-likeness (QED) is 0.799. The number of aliphatic imine (C=N–C) groups is 1. The summed E-state index contributed by atoms with van der Waals surface area (Å²) in [6.45, 7) is 2.18. The summed E-state index contributed by atoms with van der Waals surface area (Å²) in [6, 6.07) is 9.02. The number of benzene rings is 1. The Balaban J connectivity index is 1.80. The Morgan fingerprint density at radius 3 is 2.72 bits per heavy atom. The molecule has 0 bridgehead atoms. The third-order valence-corrected chi connectivity index (χ3v) is 3.94. The molecule has 0 amide bonds. The maximum atomic E-state index is 5.22. The highest BCUT2D eigenvalue weighted by Gasteiger charge is 2.29. The van der Waals surface area contributed by atoms with Crippen molar-refractivity contribution in [1.82, 2.24) is 4.90 Å². The van der Waals surface area contributed by atoms with Crippen molar-refractivity contribution in [2.24, 2.45) is 4.99 Å². The first kappa shape index (κ1) is 11.6. The van der Waals surface area contributed by atoms with Gasteiger partial charge in [0.1, 0.15) is 5.75 Å². The zero-order chi connectivity index (χ0) is 12.4. The van der Waals surface area contributed by atoms with Gasteiger partial charge in [0.25, 0.3) is 0 Å². The summed E-state index contributed by atoms with van der Waals surface area (Å²) in [7, 11) is 1.71. The molecule has 1 aromatic rings. The molecule has 1 unspecified atom stereocenters. The predicted octanol–water partition coefficient (Wildman–Crippen LogP) is 3.02. The molecule has 2 aliphatic rings. The average Bonchev–Trinajstić information content (AvgIpc) is 3.09. The van der Waals surface area contributed by atoms with Gasteiger partial charge in [-0.1, -0.05) is 12.1 Å². The molecule has 1 fully saturated rings. The minimum absolute atomic E-state index is 0.521. The maximum absolute atomic E-state index is 5.22. The van der Waals surface area contributed by atoms with Crippen LogP contribution in [0.5, 0.6) is 5.75 Å². The van der Waals surface area contributed by atoms with E-state index < -0.39 is 0 Å². The number of amidine groups is 1. The minimum Gasteiger partial charge on any atom is -0.497 e. The molecule has 0 radical (unpaired) electrons. The van der Waals surface area contributed by atoms with Crippen LogP contribution in [0.1, 0.15) is 37.3 Å². The standard InChI is InChI=1S/C15H20N2O/c1-18-13-8-6-12(7-9-13)14-4-3-11-17(14)15-5-2-10-16-15/h6-9,14H,2-5,10-11H2,1H3. The van der Waals surface area contributed by atoms with Crippen LogP contribution in [0.3, 0.4) is 0 Å². The van der Waals surface area contributed by atoms with Crippen LogP contribution in [0.2, 0.25) is 0 Å². The van der Waals surface area contributed by atoms with Gasteiger partial charge in [0.2, 0.25) is 0 Å². The highest BCUT2D eigenvalue weighted by Crippen LogP contribution is 2.34. The Morgan fingerprint density at radius 1 is 1.22 bits per heavy atom. The molecular formula is C15H20N2O. The molecule has 0 aromatic heterocycles. The van der Waals surface area contributed by atoms with E-state index in [1.165, 1.54) is 30.7 Å². The predicted molar refractivity (Wildman–Crippen MR) is 73.2 cm³/mol. The zero-order valence-corrected chi connectivity index (χ0v) is 10.9. The highest BCUT2D eigenvalue weighted by atomic mass is 16.5. The third-order valence-electron chi connectivity index (χ3n) is 3.94. The molecule has 1 atom stereocenters. The van der Waals surface area contributed by atoms with Gasteiger partial charge in [-0.15, -0.1) is 0 Å². The SMILES string of the molecule is COc1ccc(C2CCCN2C2=NCCC2)cc1. The molecule has 18 heavy (non-hydrogen) atoms. The number of rotatable bonds is 2. The average molecular weight is 244 g/mol. The lowest BCUT2D eigenvalue weighted by atomic mass is 10.0. The van der Waals surface area contributed by atoms with Crippen LogP contribution in [-0.2, 0) is 0 Å². The molecule has 0 aliphatic carbocycles. The van der Waals surface area contributed by atoms with Gasteiger partial charge in [-0.3, -0.25) is 4.99 Å². The molecular weight excluding hydrogens is 224 g/mol. The molecule has 96 valence electrons. The summed E-state index contributed by atoms with van der Waals surface area (Å²) in [5.74, 6) is 2.26. The second-order valence-corrected chi connectivity index (χ2v) is 5.03. The summed E-state index contributed by atoms with van der Waals surface area (Å²) in [4.78, 5) is 7.15.